The predicted octanol–water partition coefficient (Wildman–Crippen LogP) is 3.36. The molecule has 2 aliphatic rings. The van der Waals surface area contributed by atoms with Crippen LogP contribution in [0.2, 0.25) is 0 Å². The Balaban J connectivity index is 1.01. The first-order chi connectivity index (χ1) is 25.4. The maximum absolute atomic E-state index is 13.2. The van der Waals surface area contributed by atoms with Gasteiger partial charge >= 0.3 is 5.97 Å². The fourth-order valence-electron chi connectivity index (χ4n) is 6.45. The molecule has 17 nitrogen and oxygen atoms in total. The Kier molecular flexibility index (Phi) is 10.3. The maximum Gasteiger partial charge on any atom is 0.354 e. The molecule has 5 amide bonds. The highest BCUT2D eigenvalue weighted by Crippen LogP contribution is 2.37. The molecule has 1 atom stereocenters. The number of benzene rings is 1. The van der Waals surface area contributed by atoms with Crippen LogP contribution < -0.4 is 30.7 Å². The van der Waals surface area contributed by atoms with Crippen LogP contribution in [0.5, 0.6) is 11.5 Å². The lowest BCUT2D eigenvalue weighted by Crippen LogP contribution is -2.40. The Hall–Kier alpha value is -6.52. The van der Waals surface area contributed by atoms with Gasteiger partial charge < -0.3 is 54.1 Å². The Morgan fingerprint density at radius 1 is 0.792 bits per heavy atom. The van der Waals surface area contributed by atoms with Crippen molar-refractivity contribution in [2.45, 2.75) is 31.7 Å². The summed E-state index contributed by atoms with van der Waals surface area (Å²) in [6.07, 6.45) is 6.61. The zero-order chi connectivity index (χ0) is 38.0. The second kappa shape index (κ2) is 15.0. The molecule has 4 N–H and O–H groups in total. The third kappa shape index (κ3) is 7.58. The van der Waals surface area contributed by atoms with Crippen molar-refractivity contribution in [3.05, 3.63) is 71.6 Å². The summed E-state index contributed by atoms with van der Waals surface area (Å²) in [4.78, 5) is 78.3. The number of anilines is 4. The smallest absolute Gasteiger partial charge is 0.354 e. The SMILES string of the molecule is COC(=O)c1cc(NC(=O)c2cc(NC(=O)c3cc(NC(=O)CCCOc4cc5c(cc4OC)C(=O)N4CCCC4C(=O)N5)cn3C)cn2C)cn1C. The van der Waals surface area contributed by atoms with Crippen molar-refractivity contribution in [1.82, 2.24) is 18.6 Å². The van der Waals surface area contributed by atoms with E-state index in [2.05, 4.69) is 21.3 Å². The van der Waals surface area contributed by atoms with Gasteiger partial charge in [0.15, 0.2) is 11.5 Å². The molecule has 3 aromatic heterocycles. The second-order valence-electron chi connectivity index (χ2n) is 12.8. The minimum atomic E-state index is -0.538. The number of amides is 5. The van der Waals surface area contributed by atoms with Gasteiger partial charge in [-0.15, -0.1) is 0 Å². The molecular weight excluding hydrogens is 688 g/mol. The van der Waals surface area contributed by atoms with Gasteiger partial charge in [0.05, 0.1) is 49.1 Å². The van der Waals surface area contributed by atoms with Crippen molar-refractivity contribution >= 4 is 58.3 Å². The third-order valence-corrected chi connectivity index (χ3v) is 9.09. The highest BCUT2D eigenvalue weighted by atomic mass is 16.5. The van der Waals surface area contributed by atoms with Crippen molar-refractivity contribution in [2.75, 3.05) is 48.6 Å². The van der Waals surface area contributed by atoms with Gasteiger partial charge in [0.2, 0.25) is 11.8 Å². The van der Waals surface area contributed by atoms with Crippen LogP contribution in [0.1, 0.15) is 67.5 Å². The molecule has 17 heteroatoms. The first-order valence-electron chi connectivity index (χ1n) is 16.8. The normalized spacial score (nSPS) is 14.8. The average Bonchev–Trinajstić information content (AvgIpc) is 3.91. The summed E-state index contributed by atoms with van der Waals surface area (Å²) in [7, 11) is 7.71. The van der Waals surface area contributed by atoms with Crippen LogP contribution >= 0.6 is 0 Å². The largest absolute Gasteiger partial charge is 0.493 e. The minimum absolute atomic E-state index is 0.109. The third-order valence-electron chi connectivity index (χ3n) is 9.09. The molecule has 5 heterocycles. The first kappa shape index (κ1) is 36.3. The maximum atomic E-state index is 13.2. The number of nitrogens with zero attached hydrogens (tertiary/aromatic N) is 4. The van der Waals surface area contributed by atoms with E-state index in [-0.39, 0.29) is 47.8 Å². The summed E-state index contributed by atoms with van der Waals surface area (Å²) >= 11 is 0. The first-order valence-corrected chi connectivity index (χ1v) is 16.8. The molecule has 0 aliphatic carbocycles. The number of esters is 1. The van der Waals surface area contributed by atoms with Gasteiger partial charge in [0, 0.05) is 58.8 Å². The van der Waals surface area contributed by atoms with Gasteiger partial charge in [-0.25, -0.2) is 4.79 Å². The fraction of sp³-hybridized carbons (Fsp3) is 0.333. The number of carbonyl (C=O) groups excluding carboxylic acids is 6. The number of carbonyl (C=O) groups is 6. The standard InChI is InChI=1S/C36H40N8O9/c1-41-17-20(12-26(41)33(47)38-21-13-27(42(2)18-21)34(48)39-22-14-28(36(50)52-5)43(3)19-22)37-31(45)9-7-11-53-30-16-24-23(15-29(30)51-4)35(49)44-10-6-8-25(44)32(46)40-24/h12-19,25H,6-11H2,1-5H3,(H,37,45)(H,38,47)(H,39,48)(H,40,46). The predicted molar refractivity (Wildman–Crippen MR) is 193 cm³/mol. The van der Waals surface area contributed by atoms with Gasteiger partial charge in [-0.2, -0.15) is 0 Å². The summed E-state index contributed by atoms with van der Waals surface area (Å²) in [6.45, 7) is 0.671. The van der Waals surface area contributed by atoms with Gasteiger partial charge in [0.25, 0.3) is 17.7 Å². The number of hydrogen-bond donors (Lipinski definition) is 4. The van der Waals surface area contributed by atoms with Gasteiger partial charge in [-0.3, -0.25) is 24.0 Å². The summed E-state index contributed by atoms with van der Waals surface area (Å²) in [5, 5.41) is 11.1. The summed E-state index contributed by atoms with van der Waals surface area (Å²) in [5.74, 6) is -1.55. The number of hydrogen-bond acceptors (Lipinski definition) is 9. The molecule has 0 radical (unpaired) electrons. The van der Waals surface area contributed by atoms with Crippen LogP contribution in [-0.4, -0.2) is 87.5 Å². The monoisotopic (exact) mass is 728 g/mol. The average molecular weight is 729 g/mol. The molecule has 0 saturated carbocycles. The van der Waals surface area contributed by atoms with Crippen molar-refractivity contribution in [2.24, 2.45) is 21.1 Å². The Bertz CT molecular complexity index is 2130. The highest BCUT2D eigenvalue weighted by Gasteiger charge is 2.39. The molecule has 0 bridgehead atoms. The van der Waals surface area contributed by atoms with E-state index in [1.165, 1.54) is 37.0 Å². The zero-order valence-corrected chi connectivity index (χ0v) is 29.9. The van der Waals surface area contributed by atoms with E-state index in [1.807, 2.05) is 0 Å². The van der Waals surface area contributed by atoms with Crippen LogP contribution in [0.15, 0.2) is 48.9 Å². The molecular formula is C36H40N8O9. The van der Waals surface area contributed by atoms with E-state index in [0.29, 0.717) is 59.2 Å². The highest BCUT2D eigenvalue weighted by molar-refractivity contribution is 6.11. The molecule has 2 aliphatic heterocycles. The van der Waals surface area contributed by atoms with Gasteiger partial charge in [0.1, 0.15) is 23.1 Å². The minimum Gasteiger partial charge on any atom is -0.493 e. The lowest BCUT2D eigenvalue weighted by atomic mass is 10.1. The van der Waals surface area contributed by atoms with E-state index in [1.54, 1.807) is 65.9 Å². The molecule has 1 unspecified atom stereocenters. The number of nitrogens with one attached hydrogen (secondary N) is 4. The van der Waals surface area contributed by atoms with Crippen LogP contribution in [0, 0.1) is 0 Å². The Morgan fingerprint density at radius 2 is 1.38 bits per heavy atom. The summed E-state index contributed by atoms with van der Waals surface area (Å²) < 4.78 is 20.8. The lowest BCUT2D eigenvalue weighted by molar-refractivity contribution is -0.119. The number of aryl methyl sites for hydroxylation is 3. The van der Waals surface area contributed by atoms with E-state index in [4.69, 9.17) is 14.2 Å². The van der Waals surface area contributed by atoms with Crippen molar-refractivity contribution < 1.29 is 43.0 Å². The van der Waals surface area contributed by atoms with Gasteiger partial charge in [-0.05, 0) is 43.5 Å². The Morgan fingerprint density at radius 3 is 1.98 bits per heavy atom. The molecule has 278 valence electrons. The summed E-state index contributed by atoms with van der Waals surface area (Å²) in [6, 6.07) is 7.19. The number of ether oxygens (including phenoxy) is 3. The molecule has 0 spiro atoms. The van der Waals surface area contributed by atoms with Crippen LogP contribution in [-0.2, 0) is 35.5 Å². The molecule has 1 aromatic carbocycles. The van der Waals surface area contributed by atoms with Gasteiger partial charge in [-0.1, -0.05) is 0 Å². The van der Waals surface area contributed by atoms with Crippen molar-refractivity contribution in [3.8, 4) is 11.5 Å². The quantitative estimate of drug-likeness (QED) is 0.125. The molecule has 53 heavy (non-hydrogen) atoms. The van der Waals surface area contributed by atoms with Crippen LogP contribution in [0.25, 0.3) is 0 Å². The zero-order valence-electron chi connectivity index (χ0n) is 29.9. The van der Waals surface area contributed by atoms with Crippen LogP contribution in [0.4, 0.5) is 22.7 Å². The molecule has 1 saturated heterocycles. The molecule has 1 fully saturated rings. The van der Waals surface area contributed by atoms with Crippen molar-refractivity contribution in [1.29, 1.82) is 0 Å². The lowest BCUT2D eigenvalue weighted by Gasteiger charge is -2.20. The fourth-order valence-corrected chi connectivity index (χ4v) is 6.45. The molecule has 6 rings (SSSR count). The number of rotatable bonds is 12. The van der Waals surface area contributed by atoms with E-state index in [0.717, 1.165) is 6.42 Å². The Labute approximate surface area is 304 Å². The van der Waals surface area contributed by atoms with E-state index >= 15 is 0 Å². The number of aromatic nitrogens is 3. The summed E-state index contributed by atoms with van der Waals surface area (Å²) in [5.41, 5.74) is 2.67. The van der Waals surface area contributed by atoms with Crippen molar-refractivity contribution in [3.63, 3.8) is 0 Å². The number of fused-ring (bicyclic) bond motifs is 2. The second-order valence-corrected chi connectivity index (χ2v) is 12.8. The molecule has 4 aromatic rings. The number of methoxy groups -OCH3 is 2. The van der Waals surface area contributed by atoms with E-state index < -0.39 is 23.8 Å². The topological polar surface area (TPSA) is 196 Å². The van der Waals surface area contributed by atoms with E-state index in [9.17, 15) is 28.8 Å². The van der Waals surface area contributed by atoms with Crippen LogP contribution in [0.3, 0.4) is 0 Å².